The number of nitrogens with one attached hydrogen (secondary N) is 2. The largest absolute Gasteiger partial charge is 0.322 e. The summed E-state index contributed by atoms with van der Waals surface area (Å²) >= 11 is 3.52. The van der Waals surface area contributed by atoms with Gasteiger partial charge in [-0.25, -0.2) is 4.98 Å². The third-order valence-electron chi connectivity index (χ3n) is 4.92. The highest BCUT2D eigenvalue weighted by molar-refractivity contribution is 7.20. The molecular weight excluding hydrogens is 360 g/mol. The van der Waals surface area contributed by atoms with E-state index in [2.05, 4.69) is 41.1 Å². The summed E-state index contributed by atoms with van der Waals surface area (Å²) in [6.07, 6.45) is 0. The fourth-order valence-electron chi connectivity index (χ4n) is 3.45. The van der Waals surface area contributed by atoms with E-state index in [9.17, 15) is 0 Å². The van der Waals surface area contributed by atoms with Crippen LogP contribution in [0.1, 0.15) is 16.8 Å². The van der Waals surface area contributed by atoms with Crippen LogP contribution in [0.15, 0.2) is 47.2 Å². The molecule has 2 aromatic heterocycles. The molecule has 2 N–H and O–H groups in total. The third kappa shape index (κ3) is 4.19. The highest BCUT2D eigenvalue weighted by Gasteiger charge is 2.24. The fourth-order valence-corrected chi connectivity index (χ4v) is 5.09. The van der Waals surface area contributed by atoms with Crippen molar-refractivity contribution in [3.8, 4) is 16.0 Å². The minimum Gasteiger partial charge on any atom is -0.322 e. The zero-order valence-electron chi connectivity index (χ0n) is 14.6. The first-order valence-corrected chi connectivity index (χ1v) is 10.7. The number of quaternary nitrogens is 2. The number of hydrogen-bond acceptors (Lipinski definition) is 4. The van der Waals surface area contributed by atoms with Gasteiger partial charge in [0.05, 0.1) is 16.5 Å². The molecule has 4 rings (SSSR count). The first-order chi connectivity index (χ1) is 12.8. The molecule has 0 aliphatic carbocycles. The quantitative estimate of drug-likeness (QED) is 0.697. The highest BCUT2D eigenvalue weighted by atomic mass is 32.1. The van der Waals surface area contributed by atoms with Crippen LogP contribution in [-0.2, 0) is 13.1 Å². The molecule has 132 valence electrons. The molecule has 4 nitrogen and oxygen atoms in total. The summed E-state index contributed by atoms with van der Waals surface area (Å²) in [6, 6.07) is 14.4. The molecule has 1 aliphatic heterocycles. The normalized spacial score (nSPS) is 20.0. The molecular formula is C20H22N4S2+2. The van der Waals surface area contributed by atoms with Gasteiger partial charge in [-0.1, -0.05) is 18.2 Å². The molecule has 0 saturated carbocycles. The van der Waals surface area contributed by atoms with Gasteiger partial charge in [-0.15, -0.1) is 22.7 Å². The van der Waals surface area contributed by atoms with Gasteiger partial charge in [0.25, 0.3) is 0 Å². The van der Waals surface area contributed by atoms with Crippen molar-refractivity contribution in [2.45, 2.75) is 13.1 Å². The molecule has 1 aliphatic rings. The van der Waals surface area contributed by atoms with E-state index >= 15 is 0 Å². The van der Waals surface area contributed by atoms with Gasteiger partial charge in [0.15, 0.2) is 0 Å². The summed E-state index contributed by atoms with van der Waals surface area (Å²) in [7, 11) is 0. The van der Waals surface area contributed by atoms with E-state index in [-0.39, 0.29) is 0 Å². The molecule has 6 heteroatoms. The number of rotatable bonds is 5. The number of benzene rings is 1. The van der Waals surface area contributed by atoms with Crippen molar-refractivity contribution in [2.24, 2.45) is 0 Å². The first-order valence-electron chi connectivity index (χ1n) is 8.94. The van der Waals surface area contributed by atoms with E-state index in [0.717, 1.165) is 23.7 Å². The maximum Gasteiger partial charge on any atom is 0.133 e. The van der Waals surface area contributed by atoms with Crippen LogP contribution in [0.2, 0.25) is 0 Å². The topological polar surface area (TPSA) is 45.6 Å². The van der Waals surface area contributed by atoms with Gasteiger partial charge < -0.3 is 9.80 Å². The summed E-state index contributed by atoms with van der Waals surface area (Å²) in [5.41, 5.74) is 3.29. The fraction of sp³-hybridized carbons (Fsp3) is 0.300. The molecule has 0 spiro atoms. The minimum absolute atomic E-state index is 0.739. The van der Waals surface area contributed by atoms with E-state index in [1.54, 1.807) is 32.5 Å². The SMILES string of the molecule is N#Cc1ccc(C[NH+]2CC[NH+](Cc3csc(-c4cccs4)n3)CC2)cc1. The minimum atomic E-state index is 0.739. The molecule has 0 atom stereocenters. The van der Waals surface area contributed by atoms with Crippen LogP contribution < -0.4 is 9.80 Å². The predicted octanol–water partition coefficient (Wildman–Crippen LogP) is 1.23. The number of nitriles is 1. The van der Waals surface area contributed by atoms with E-state index in [0.29, 0.717) is 0 Å². The van der Waals surface area contributed by atoms with Gasteiger partial charge in [0, 0.05) is 10.9 Å². The van der Waals surface area contributed by atoms with E-state index in [1.807, 2.05) is 12.1 Å². The molecule has 3 aromatic rings. The zero-order valence-corrected chi connectivity index (χ0v) is 16.2. The lowest BCUT2D eigenvalue weighted by Gasteiger charge is -2.29. The van der Waals surface area contributed by atoms with Crippen LogP contribution in [0, 0.1) is 11.3 Å². The van der Waals surface area contributed by atoms with Crippen LogP contribution in [0.3, 0.4) is 0 Å². The zero-order chi connectivity index (χ0) is 17.8. The maximum atomic E-state index is 8.89. The smallest absolute Gasteiger partial charge is 0.133 e. The second kappa shape index (κ2) is 8.11. The summed E-state index contributed by atoms with van der Waals surface area (Å²) in [5, 5.41) is 14.4. The van der Waals surface area contributed by atoms with Gasteiger partial charge in [0.2, 0.25) is 0 Å². The molecule has 0 amide bonds. The van der Waals surface area contributed by atoms with Gasteiger partial charge in [-0.2, -0.15) is 5.26 Å². The molecule has 0 radical (unpaired) electrons. The molecule has 3 heterocycles. The molecule has 1 saturated heterocycles. The summed E-state index contributed by atoms with van der Waals surface area (Å²) in [5.74, 6) is 0. The van der Waals surface area contributed by atoms with E-state index in [1.165, 1.54) is 42.3 Å². The van der Waals surface area contributed by atoms with Crippen molar-refractivity contribution >= 4 is 22.7 Å². The summed E-state index contributed by atoms with van der Waals surface area (Å²) in [4.78, 5) is 9.37. The Bertz CT molecular complexity index is 869. The third-order valence-corrected chi connectivity index (χ3v) is 6.85. The number of piperazine rings is 1. The molecule has 0 unspecified atom stereocenters. The van der Waals surface area contributed by atoms with Crippen LogP contribution in [0.4, 0.5) is 0 Å². The average Bonchev–Trinajstić information content (AvgIpc) is 3.36. The average molecular weight is 383 g/mol. The first kappa shape index (κ1) is 17.4. The lowest BCUT2D eigenvalue weighted by atomic mass is 10.1. The Morgan fingerprint density at radius 2 is 1.69 bits per heavy atom. The lowest BCUT2D eigenvalue weighted by Crippen LogP contribution is -3.27. The summed E-state index contributed by atoms with van der Waals surface area (Å²) < 4.78 is 0. The van der Waals surface area contributed by atoms with E-state index < -0.39 is 0 Å². The standard InChI is InChI=1S/C20H20N4S2/c21-12-16-3-5-17(6-4-16)13-23-7-9-24(10-8-23)14-18-15-26-20(22-18)19-2-1-11-25-19/h1-6,11,15H,7-10,13-14H2/p+2. The summed E-state index contributed by atoms with van der Waals surface area (Å²) in [6.45, 7) is 6.85. The van der Waals surface area contributed by atoms with Crippen molar-refractivity contribution in [2.75, 3.05) is 26.2 Å². The van der Waals surface area contributed by atoms with Crippen LogP contribution in [-0.4, -0.2) is 31.2 Å². The van der Waals surface area contributed by atoms with Crippen LogP contribution in [0.25, 0.3) is 9.88 Å². The van der Waals surface area contributed by atoms with Crippen molar-refractivity contribution in [1.82, 2.24) is 4.98 Å². The van der Waals surface area contributed by atoms with Crippen molar-refractivity contribution in [1.29, 1.82) is 5.26 Å². The second-order valence-electron chi connectivity index (χ2n) is 6.78. The number of hydrogen-bond donors (Lipinski definition) is 2. The predicted molar refractivity (Wildman–Crippen MR) is 105 cm³/mol. The van der Waals surface area contributed by atoms with Crippen molar-refractivity contribution in [3.05, 3.63) is 64.0 Å². The molecule has 1 aromatic carbocycles. The number of thiophene rings is 1. The number of nitrogens with zero attached hydrogens (tertiary/aromatic N) is 2. The lowest BCUT2D eigenvalue weighted by molar-refractivity contribution is -1.02. The number of thiazole rings is 1. The van der Waals surface area contributed by atoms with Gasteiger partial charge in [-0.05, 0) is 23.6 Å². The van der Waals surface area contributed by atoms with Crippen LogP contribution >= 0.6 is 22.7 Å². The second-order valence-corrected chi connectivity index (χ2v) is 8.59. The molecule has 0 bridgehead atoms. The Balaban J connectivity index is 1.27. The Kier molecular flexibility index (Phi) is 5.42. The molecule has 26 heavy (non-hydrogen) atoms. The van der Waals surface area contributed by atoms with Gasteiger partial charge >= 0.3 is 0 Å². The van der Waals surface area contributed by atoms with Crippen molar-refractivity contribution in [3.63, 3.8) is 0 Å². The molecule has 1 fully saturated rings. The van der Waals surface area contributed by atoms with Gasteiger partial charge in [0.1, 0.15) is 50.0 Å². The Labute approximate surface area is 162 Å². The Morgan fingerprint density at radius 3 is 2.35 bits per heavy atom. The van der Waals surface area contributed by atoms with E-state index in [4.69, 9.17) is 10.2 Å². The monoisotopic (exact) mass is 382 g/mol. The Morgan fingerprint density at radius 1 is 0.962 bits per heavy atom. The van der Waals surface area contributed by atoms with Crippen LogP contribution in [0.5, 0.6) is 0 Å². The maximum absolute atomic E-state index is 8.89. The number of aromatic nitrogens is 1. The highest BCUT2D eigenvalue weighted by Crippen LogP contribution is 2.27. The van der Waals surface area contributed by atoms with Gasteiger partial charge in [-0.3, -0.25) is 0 Å². The Hall–Kier alpha value is -2.04. The van der Waals surface area contributed by atoms with Crippen molar-refractivity contribution < 1.29 is 9.80 Å².